The Morgan fingerprint density at radius 3 is 1.20 bits per heavy atom. The summed E-state index contributed by atoms with van der Waals surface area (Å²) >= 11 is 0. The maximum Gasteiger partial charge on any atom is 0.0326 e. The van der Waals surface area contributed by atoms with Crippen LogP contribution in [0.1, 0.15) is 88.2 Å². The molecule has 0 amide bonds. The summed E-state index contributed by atoms with van der Waals surface area (Å²) < 4.78 is 0. The van der Waals surface area contributed by atoms with Crippen LogP contribution in [-0.4, -0.2) is 0 Å². The monoisotopic (exact) mass is 394 g/mol. The van der Waals surface area contributed by atoms with Crippen LogP contribution in [0.25, 0.3) is 0 Å². The molecule has 154 valence electrons. The topological polar surface area (TPSA) is 0 Å². The van der Waals surface area contributed by atoms with Gasteiger partial charge in [-0.05, 0) is 131 Å². The molecule has 0 saturated heterocycles. The Balaban J connectivity index is 1.13. The van der Waals surface area contributed by atoms with E-state index in [1.54, 1.807) is 0 Å². The fourth-order valence-corrected chi connectivity index (χ4v) is 9.61. The van der Waals surface area contributed by atoms with Crippen molar-refractivity contribution in [2.45, 2.75) is 77.0 Å². The van der Waals surface area contributed by atoms with Gasteiger partial charge in [-0.15, -0.1) is 0 Å². The maximum absolute atomic E-state index is 3.82. The Morgan fingerprint density at radius 2 is 0.867 bits per heavy atom. The van der Waals surface area contributed by atoms with Gasteiger partial charge in [0.1, 0.15) is 0 Å². The summed E-state index contributed by atoms with van der Waals surface area (Å²) in [7, 11) is 0. The molecule has 0 aliphatic heterocycles. The van der Waals surface area contributed by atoms with Crippen molar-refractivity contribution in [1.29, 1.82) is 0 Å². The van der Waals surface area contributed by atoms with Crippen LogP contribution in [0.3, 0.4) is 0 Å². The first-order chi connectivity index (χ1) is 14.6. The Morgan fingerprint density at radius 1 is 0.533 bits per heavy atom. The van der Waals surface area contributed by atoms with Gasteiger partial charge in [0.25, 0.3) is 0 Å². The minimum Gasteiger partial charge on any atom is -0.0911 e. The molecular weight excluding hydrogens is 360 g/mol. The summed E-state index contributed by atoms with van der Waals surface area (Å²) in [4.78, 5) is 0. The average molecular weight is 395 g/mol. The molecule has 9 rings (SSSR count). The van der Waals surface area contributed by atoms with Gasteiger partial charge in [0.15, 0.2) is 0 Å². The van der Waals surface area contributed by atoms with Crippen molar-refractivity contribution in [3.05, 3.63) is 35.4 Å². The SMILES string of the molecule is C(#CC12CC3CC(CC(C3)C1)C2)c1cccc(C#CC23CC4CC(CC(C4)C2)C3)c1. The van der Waals surface area contributed by atoms with Crippen molar-refractivity contribution < 1.29 is 0 Å². The number of rotatable bonds is 0. The van der Waals surface area contributed by atoms with Crippen LogP contribution in [0, 0.1) is 70.0 Å². The molecule has 0 spiro atoms. The van der Waals surface area contributed by atoms with Crippen LogP contribution < -0.4 is 0 Å². The lowest BCUT2D eigenvalue weighted by Crippen LogP contribution is -2.45. The van der Waals surface area contributed by atoms with Crippen LogP contribution in [0.15, 0.2) is 24.3 Å². The fraction of sp³-hybridized carbons (Fsp3) is 0.667. The third kappa shape index (κ3) is 3.06. The van der Waals surface area contributed by atoms with E-state index < -0.39 is 0 Å². The first-order valence-corrected chi connectivity index (χ1v) is 12.8. The Kier molecular flexibility index (Phi) is 3.85. The molecule has 0 radical (unpaired) electrons. The van der Waals surface area contributed by atoms with E-state index in [2.05, 4.69) is 47.9 Å². The molecule has 30 heavy (non-hydrogen) atoms. The standard InChI is InChI=1S/C30H34/c1-2-21(4-6-29-15-23-9-24(16-29)11-25(10-23)17-29)8-22(3-1)5-7-30-18-26-12-27(19-30)14-28(13-26)20-30/h1-3,8,23-28H,9-20H2. The summed E-state index contributed by atoms with van der Waals surface area (Å²) in [5, 5.41) is 0. The van der Waals surface area contributed by atoms with Gasteiger partial charge in [-0.1, -0.05) is 29.7 Å². The van der Waals surface area contributed by atoms with E-state index in [-0.39, 0.29) is 0 Å². The molecule has 1 aromatic carbocycles. The van der Waals surface area contributed by atoms with E-state index in [0.29, 0.717) is 10.8 Å². The van der Waals surface area contributed by atoms with Gasteiger partial charge in [-0.25, -0.2) is 0 Å². The molecular formula is C30H34. The number of hydrogen-bond acceptors (Lipinski definition) is 0. The quantitative estimate of drug-likeness (QED) is 0.423. The minimum absolute atomic E-state index is 0.343. The van der Waals surface area contributed by atoms with E-state index in [1.807, 2.05) is 0 Å². The molecule has 0 aromatic heterocycles. The molecule has 8 saturated carbocycles. The van der Waals surface area contributed by atoms with Crippen LogP contribution >= 0.6 is 0 Å². The van der Waals surface area contributed by atoms with Gasteiger partial charge < -0.3 is 0 Å². The van der Waals surface area contributed by atoms with Crippen LogP contribution in [-0.2, 0) is 0 Å². The second-order valence-electron chi connectivity index (χ2n) is 12.5. The largest absolute Gasteiger partial charge is 0.0911 e. The zero-order valence-electron chi connectivity index (χ0n) is 18.3. The van der Waals surface area contributed by atoms with E-state index in [0.717, 1.165) is 35.5 Å². The Bertz CT molecular complexity index is 838. The molecule has 0 unspecified atom stereocenters. The van der Waals surface area contributed by atoms with Gasteiger partial charge in [0.05, 0.1) is 0 Å². The first-order valence-electron chi connectivity index (χ1n) is 12.8. The highest BCUT2D eigenvalue weighted by atomic mass is 14.5. The molecule has 0 atom stereocenters. The lowest BCUT2D eigenvalue weighted by Gasteiger charge is -2.54. The second kappa shape index (κ2) is 6.42. The maximum atomic E-state index is 3.82. The molecule has 1 aromatic rings. The van der Waals surface area contributed by atoms with Crippen molar-refractivity contribution in [2.24, 2.45) is 46.3 Å². The normalized spacial score (nSPS) is 46.8. The Labute approximate surface area is 182 Å². The van der Waals surface area contributed by atoms with E-state index in [4.69, 9.17) is 0 Å². The van der Waals surface area contributed by atoms with Crippen molar-refractivity contribution >= 4 is 0 Å². The van der Waals surface area contributed by atoms with E-state index in [9.17, 15) is 0 Å². The lowest BCUT2D eigenvalue weighted by molar-refractivity contribution is -0.0182. The van der Waals surface area contributed by atoms with Crippen molar-refractivity contribution in [3.63, 3.8) is 0 Å². The van der Waals surface area contributed by atoms with E-state index in [1.165, 1.54) is 88.2 Å². The van der Waals surface area contributed by atoms with Gasteiger partial charge in [-0.2, -0.15) is 0 Å². The predicted molar refractivity (Wildman–Crippen MR) is 121 cm³/mol. The van der Waals surface area contributed by atoms with Gasteiger partial charge >= 0.3 is 0 Å². The molecule has 0 N–H and O–H groups in total. The number of benzene rings is 1. The molecule has 8 fully saturated rings. The molecule has 0 nitrogen and oxygen atoms in total. The van der Waals surface area contributed by atoms with Crippen molar-refractivity contribution in [1.82, 2.24) is 0 Å². The second-order valence-corrected chi connectivity index (χ2v) is 12.5. The van der Waals surface area contributed by atoms with Gasteiger partial charge in [0.2, 0.25) is 0 Å². The summed E-state index contributed by atoms with van der Waals surface area (Å²) in [6.45, 7) is 0. The van der Waals surface area contributed by atoms with Crippen LogP contribution in [0.2, 0.25) is 0 Å². The molecule has 8 bridgehead atoms. The summed E-state index contributed by atoms with van der Waals surface area (Å²) in [5.41, 5.74) is 3.05. The molecule has 0 heterocycles. The van der Waals surface area contributed by atoms with Crippen LogP contribution in [0.4, 0.5) is 0 Å². The smallest absolute Gasteiger partial charge is 0.0326 e. The minimum atomic E-state index is 0.343. The molecule has 0 heteroatoms. The lowest BCUT2D eigenvalue weighted by atomic mass is 9.50. The van der Waals surface area contributed by atoms with E-state index >= 15 is 0 Å². The van der Waals surface area contributed by atoms with Crippen LogP contribution in [0.5, 0.6) is 0 Å². The molecule has 8 aliphatic carbocycles. The van der Waals surface area contributed by atoms with Gasteiger partial charge in [-0.3, -0.25) is 0 Å². The van der Waals surface area contributed by atoms with Crippen molar-refractivity contribution in [3.8, 4) is 23.7 Å². The highest BCUT2D eigenvalue weighted by Crippen LogP contribution is 2.60. The average Bonchev–Trinajstić information content (AvgIpc) is 2.69. The summed E-state index contributed by atoms with van der Waals surface area (Å²) in [6, 6.07) is 8.83. The number of hydrogen-bond donors (Lipinski definition) is 0. The Hall–Kier alpha value is -1.66. The first kappa shape index (κ1) is 18.0. The van der Waals surface area contributed by atoms with Gasteiger partial charge in [0, 0.05) is 22.0 Å². The predicted octanol–water partition coefficient (Wildman–Crippen LogP) is 6.82. The summed E-state index contributed by atoms with van der Waals surface area (Å²) in [6.07, 6.45) is 17.2. The summed E-state index contributed by atoms with van der Waals surface area (Å²) in [5.74, 6) is 20.7. The van der Waals surface area contributed by atoms with Crippen molar-refractivity contribution in [2.75, 3.05) is 0 Å². The fourth-order valence-electron chi connectivity index (χ4n) is 9.61. The zero-order chi connectivity index (χ0) is 19.8. The third-order valence-electron chi connectivity index (χ3n) is 9.88. The third-order valence-corrected chi connectivity index (χ3v) is 9.88. The molecule has 8 aliphatic rings. The zero-order valence-corrected chi connectivity index (χ0v) is 18.3. The highest BCUT2D eigenvalue weighted by Gasteiger charge is 2.51. The highest BCUT2D eigenvalue weighted by molar-refractivity contribution is 5.45.